The van der Waals surface area contributed by atoms with Crippen LogP contribution in [0, 0.1) is 0 Å². The van der Waals surface area contributed by atoms with E-state index in [-0.39, 0.29) is 17.9 Å². The number of hydrogen-bond acceptors (Lipinski definition) is 2. The van der Waals surface area contributed by atoms with Crippen LogP contribution in [0.5, 0.6) is 0 Å². The second kappa shape index (κ2) is 5.18. The van der Waals surface area contributed by atoms with Crippen molar-refractivity contribution in [3.05, 3.63) is 77.4 Å². The largest absolute Gasteiger partial charge is 0.345 e. The van der Waals surface area contributed by atoms with Crippen LogP contribution in [0.2, 0.25) is 0 Å². The van der Waals surface area contributed by atoms with Crippen LogP contribution in [-0.2, 0) is 0 Å². The number of carbonyl (C=O) groups is 2. The fourth-order valence-electron chi connectivity index (χ4n) is 3.98. The highest BCUT2D eigenvalue weighted by Gasteiger charge is 2.37. The molecule has 3 aromatic rings. The molecule has 2 aliphatic rings. The van der Waals surface area contributed by atoms with Gasteiger partial charge in [0, 0.05) is 23.1 Å². The van der Waals surface area contributed by atoms with E-state index in [1.807, 2.05) is 65.6 Å². The van der Waals surface area contributed by atoms with E-state index in [1.54, 1.807) is 0 Å². The first-order chi connectivity index (χ1) is 12.2. The van der Waals surface area contributed by atoms with Gasteiger partial charge in [-0.15, -0.1) is 0 Å². The van der Waals surface area contributed by atoms with E-state index in [0.717, 1.165) is 34.0 Å². The Labute approximate surface area is 145 Å². The number of nitrogens with one attached hydrogen (secondary N) is 1. The van der Waals surface area contributed by atoms with E-state index in [1.165, 1.54) is 0 Å². The summed E-state index contributed by atoms with van der Waals surface area (Å²) in [7, 11) is 0. The van der Waals surface area contributed by atoms with Gasteiger partial charge in [-0.05, 0) is 35.6 Å². The highest BCUT2D eigenvalue weighted by Crippen LogP contribution is 2.45. The summed E-state index contributed by atoms with van der Waals surface area (Å²) < 4.78 is 0. The lowest BCUT2D eigenvalue weighted by molar-refractivity contribution is 0.0933. The Morgan fingerprint density at radius 2 is 1.84 bits per heavy atom. The summed E-state index contributed by atoms with van der Waals surface area (Å²) in [6, 6.07) is 19.1. The molecule has 0 fully saturated rings. The van der Waals surface area contributed by atoms with Gasteiger partial charge in [0.05, 0.1) is 11.7 Å². The van der Waals surface area contributed by atoms with Crippen molar-refractivity contribution in [2.24, 2.45) is 0 Å². The second-order valence-corrected chi connectivity index (χ2v) is 6.54. The van der Waals surface area contributed by atoms with Crippen molar-refractivity contribution in [2.75, 3.05) is 11.4 Å². The lowest BCUT2D eigenvalue weighted by atomic mass is 9.93. The van der Waals surface area contributed by atoms with Crippen molar-refractivity contribution in [1.82, 2.24) is 5.32 Å². The van der Waals surface area contributed by atoms with E-state index in [9.17, 15) is 9.59 Å². The molecule has 4 nitrogen and oxygen atoms in total. The smallest absolute Gasteiger partial charge is 0.259 e. The normalized spacial score (nSPS) is 17.8. The molecular formula is C21H16N2O2. The Balaban J connectivity index is 1.58. The molecule has 1 N–H and O–H groups in total. The van der Waals surface area contributed by atoms with Gasteiger partial charge in [-0.25, -0.2) is 0 Å². The van der Waals surface area contributed by atoms with Crippen molar-refractivity contribution in [2.45, 2.75) is 12.5 Å². The molecule has 2 heterocycles. The molecule has 25 heavy (non-hydrogen) atoms. The van der Waals surface area contributed by atoms with Crippen LogP contribution < -0.4 is 10.2 Å². The van der Waals surface area contributed by atoms with Gasteiger partial charge in [0.15, 0.2) is 0 Å². The lowest BCUT2D eigenvalue weighted by Crippen LogP contribution is -2.38. The third kappa shape index (κ3) is 2.00. The first kappa shape index (κ1) is 14.2. The highest BCUT2D eigenvalue weighted by molar-refractivity contribution is 6.26. The van der Waals surface area contributed by atoms with Gasteiger partial charge in [-0.1, -0.05) is 42.5 Å². The fraction of sp³-hybridized carbons (Fsp3) is 0.143. The topological polar surface area (TPSA) is 49.4 Å². The van der Waals surface area contributed by atoms with E-state index in [0.29, 0.717) is 12.1 Å². The second-order valence-electron chi connectivity index (χ2n) is 6.54. The Morgan fingerprint density at radius 3 is 2.68 bits per heavy atom. The number of carbonyl (C=O) groups excluding carboxylic acids is 2. The molecule has 0 saturated carbocycles. The molecule has 4 heteroatoms. The van der Waals surface area contributed by atoms with E-state index in [2.05, 4.69) is 5.32 Å². The summed E-state index contributed by atoms with van der Waals surface area (Å²) >= 11 is 0. The number of amides is 2. The maximum Gasteiger partial charge on any atom is 0.259 e. The Bertz CT molecular complexity index is 1030. The molecule has 0 bridgehead atoms. The minimum atomic E-state index is -0.0812. The maximum atomic E-state index is 12.7. The molecule has 1 atom stereocenters. The van der Waals surface area contributed by atoms with Gasteiger partial charge in [-0.2, -0.15) is 0 Å². The van der Waals surface area contributed by atoms with Gasteiger partial charge in [0.25, 0.3) is 11.8 Å². The molecule has 122 valence electrons. The maximum absolute atomic E-state index is 12.7. The third-order valence-corrected chi connectivity index (χ3v) is 5.15. The molecule has 0 aromatic heterocycles. The molecule has 1 unspecified atom stereocenters. The van der Waals surface area contributed by atoms with Crippen LogP contribution in [0.1, 0.15) is 38.7 Å². The van der Waals surface area contributed by atoms with Crippen molar-refractivity contribution in [1.29, 1.82) is 0 Å². The first-order valence-electron chi connectivity index (χ1n) is 8.47. The van der Waals surface area contributed by atoms with Gasteiger partial charge < -0.3 is 10.2 Å². The Hall–Kier alpha value is -3.14. The number of benzene rings is 3. The van der Waals surface area contributed by atoms with E-state index >= 15 is 0 Å². The third-order valence-electron chi connectivity index (χ3n) is 5.15. The zero-order chi connectivity index (χ0) is 17.0. The molecule has 0 aliphatic carbocycles. The van der Waals surface area contributed by atoms with Crippen LogP contribution in [0.25, 0.3) is 10.8 Å². The average molecular weight is 328 g/mol. The van der Waals surface area contributed by atoms with Crippen molar-refractivity contribution in [3.8, 4) is 0 Å². The quantitative estimate of drug-likeness (QED) is 0.780. The van der Waals surface area contributed by atoms with Gasteiger partial charge in [-0.3, -0.25) is 9.59 Å². The summed E-state index contributed by atoms with van der Waals surface area (Å²) in [6.07, 6.45) is 0.719. The summed E-state index contributed by atoms with van der Waals surface area (Å²) in [6.45, 7) is 0.624. The molecule has 2 aliphatic heterocycles. The SMILES string of the molecule is O=C(NC1CCN2C(=O)c3cccc4ccc1c2c34)c1ccccc1. The van der Waals surface area contributed by atoms with Crippen LogP contribution in [-0.4, -0.2) is 18.4 Å². The van der Waals surface area contributed by atoms with Crippen LogP contribution in [0.4, 0.5) is 5.69 Å². The molecule has 0 spiro atoms. The van der Waals surface area contributed by atoms with Crippen LogP contribution in [0.15, 0.2) is 60.7 Å². The predicted octanol–water partition coefficient (Wildman–Crippen LogP) is 3.67. The minimum Gasteiger partial charge on any atom is -0.345 e. The summed E-state index contributed by atoms with van der Waals surface area (Å²) in [5.41, 5.74) is 3.42. The summed E-state index contributed by atoms with van der Waals surface area (Å²) in [5.74, 6) is -0.00941. The molecule has 0 radical (unpaired) electrons. The molecule has 5 rings (SSSR count). The van der Waals surface area contributed by atoms with Crippen LogP contribution >= 0.6 is 0 Å². The number of hydrogen-bond donors (Lipinski definition) is 1. The van der Waals surface area contributed by atoms with Gasteiger partial charge in [0.1, 0.15) is 0 Å². The number of nitrogens with zero attached hydrogens (tertiary/aromatic N) is 1. The van der Waals surface area contributed by atoms with Crippen LogP contribution in [0.3, 0.4) is 0 Å². The van der Waals surface area contributed by atoms with Gasteiger partial charge >= 0.3 is 0 Å². The summed E-state index contributed by atoms with van der Waals surface area (Å²) in [4.78, 5) is 27.1. The molecule has 0 saturated heterocycles. The van der Waals surface area contributed by atoms with E-state index < -0.39 is 0 Å². The average Bonchev–Trinajstić information content (AvgIpc) is 2.96. The number of rotatable bonds is 2. The Morgan fingerprint density at radius 1 is 1.00 bits per heavy atom. The lowest BCUT2D eigenvalue weighted by Gasteiger charge is -2.32. The van der Waals surface area contributed by atoms with Crippen molar-refractivity contribution >= 4 is 28.3 Å². The molecule has 3 aromatic carbocycles. The Kier molecular flexibility index (Phi) is 2.95. The highest BCUT2D eigenvalue weighted by atomic mass is 16.2. The minimum absolute atomic E-state index is 0.0703. The summed E-state index contributed by atoms with van der Waals surface area (Å²) in [5, 5.41) is 5.23. The standard InChI is InChI=1S/C21H16N2O2/c24-20(14-5-2-1-3-6-14)22-17-11-12-23-19-15(17)10-9-13-7-4-8-16(18(13)19)21(23)25/h1-10,17H,11-12H2,(H,22,24). The monoisotopic (exact) mass is 328 g/mol. The van der Waals surface area contributed by atoms with E-state index in [4.69, 9.17) is 0 Å². The van der Waals surface area contributed by atoms with Crippen molar-refractivity contribution in [3.63, 3.8) is 0 Å². The fourth-order valence-corrected chi connectivity index (χ4v) is 3.98. The zero-order valence-corrected chi connectivity index (χ0v) is 13.5. The predicted molar refractivity (Wildman–Crippen MR) is 96.9 cm³/mol. The van der Waals surface area contributed by atoms with Gasteiger partial charge in [0.2, 0.25) is 0 Å². The zero-order valence-electron chi connectivity index (χ0n) is 13.5. The molecule has 2 amide bonds. The van der Waals surface area contributed by atoms with Crippen molar-refractivity contribution < 1.29 is 9.59 Å². The molecular weight excluding hydrogens is 312 g/mol. The number of anilines is 1. The first-order valence-corrected chi connectivity index (χ1v) is 8.47.